The zero-order valence-electron chi connectivity index (χ0n) is 12.9. The number of carbonyl (C=O) groups excluding carboxylic acids is 1. The molecule has 1 aromatic rings. The van der Waals surface area contributed by atoms with E-state index in [1.54, 1.807) is 20.0 Å². The Balaban J connectivity index is 0.00000264. The fourth-order valence-corrected chi connectivity index (χ4v) is 2.44. The van der Waals surface area contributed by atoms with E-state index in [0.29, 0.717) is 18.7 Å². The minimum atomic E-state index is -4.38. The Kier molecular flexibility index (Phi) is 6.85. The fourth-order valence-electron chi connectivity index (χ4n) is 2.44. The van der Waals surface area contributed by atoms with Crippen molar-refractivity contribution in [2.45, 2.75) is 31.8 Å². The number of amides is 1. The van der Waals surface area contributed by atoms with Crippen molar-refractivity contribution < 1.29 is 22.7 Å². The quantitative estimate of drug-likeness (QED) is 0.908. The number of hydrogen-bond acceptors (Lipinski definition) is 3. The van der Waals surface area contributed by atoms with E-state index in [9.17, 15) is 18.0 Å². The van der Waals surface area contributed by atoms with Gasteiger partial charge in [-0.25, -0.2) is 0 Å². The number of hydrogen-bond donors (Lipinski definition) is 1. The fraction of sp³-hybridized carbons (Fsp3) is 0.533. The molecule has 23 heavy (non-hydrogen) atoms. The van der Waals surface area contributed by atoms with Crippen LogP contribution in [0.2, 0.25) is 0 Å². The summed E-state index contributed by atoms with van der Waals surface area (Å²) in [5.74, 6) is -0.190. The van der Waals surface area contributed by atoms with Gasteiger partial charge < -0.3 is 15.0 Å². The number of rotatable bonds is 3. The lowest BCUT2D eigenvalue weighted by Crippen LogP contribution is -2.55. The summed E-state index contributed by atoms with van der Waals surface area (Å²) in [5, 5.41) is 3.07. The summed E-state index contributed by atoms with van der Waals surface area (Å²) in [6.45, 7) is 3.04. The second-order valence-corrected chi connectivity index (χ2v) is 5.40. The molecule has 0 aliphatic carbocycles. The van der Waals surface area contributed by atoms with E-state index < -0.39 is 17.8 Å². The van der Waals surface area contributed by atoms with Gasteiger partial charge in [-0.1, -0.05) is 12.1 Å². The molecule has 1 amide bonds. The van der Waals surface area contributed by atoms with Gasteiger partial charge in [-0.15, -0.1) is 12.4 Å². The Morgan fingerprint density at radius 1 is 1.43 bits per heavy atom. The number of alkyl halides is 3. The van der Waals surface area contributed by atoms with Gasteiger partial charge in [0.1, 0.15) is 6.04 Å². The zero-order chi connectivity index (χ0) is 16.3. The second kappa shape index (κ2) is 7.99. The Hall–Kier alpha value is -1.31. The summed E-state index contributed by atoms with van der Waals surface area (Å²) < 4.78 is 43.5. The standard InChI is InChI=1S/C15H19F3N2O2.ClH/c1-10-13(19-6-7-22-10)14(21)20(2)9-11-4-3-5-12(8-11)15(16,17)18;/h3-5,8,10,13,19H,6-7,9H2,1-2H3;1H/t10-,13+;/m1./s1. The second-order valence-electron chi connectivity index (χ2n) is 5.40. The highest BCUT2D eigenvalue weighted by Crippen LogP contribution is 2.29. The van der Waals surface area contributed by atoms with Crippen molar-refractivity contribution >= 4 is 18.3 Å². The molecule has 0 radical (unpaired) electrons. The molecule has 8 heteroatoms. The molecule has 1 fully saturated rings. The van der Waals surface area contributed by atoms with Crippen LogP contribution in [0.5, 0.6) is 0 Å². The van der Waals surface area contributed by atoms with Crippen LogP contribution >= 0.6 is 12.4 Å². The van der Waals surface area contributed by atoms with Gasteiger partial charge in [-0.2, -0.15) is 13.2 Å². The minimum Gasteiger partial charge on any atom is -0.375 e. The van der Waals surface area contributed by atoms with E-state index in [4.69, 9.17) is 4.74 Å². The number of nitrogens with zero attached hydrogens (tertiary/aromatic N) is 1. The van der Waals surface area contributed by atoms with Crippen molar-refractivity contribution in [1.82, 2.24) is 10.2 Å². The zero-order valence-corrected chi connectivity index (χ0v) is 13.7. The average molecular weight is 353 g/mol. The normalized spacial score (nSPS) is 21.4. The topological polar surface area (TPSA) is 41.6 Å². The molecule has 0 spiro atoms. The third kappa shape index (κ3) is 5.09. The van der Waals surface area contributed by atoms with Crippen LogP contribution in [-0.4, -0.2) is 43.2 Å². The number of likely N-dealkylation sites (N-methyl/N-ethyl adjacent to an activating group) is 1. The van der Waals surface area contributed by atoms with Gasteiger partial charge in [-0.3, -0.25) is 4.79 Å². The molecule has 0 bridgehead atoms. The first-order valence-electron chi connectivity index (χ1n) is 7.05. The number of ether oxygens (including phenoxy) is 1. The summed E-state index contributed by atoms with van der Waals surface area (Å²) in [6, 6.07) is 4.54. The summed E-state index contributed by atoms with van der Waals surface area (Å²) >= 11 is 0. The van der Waals surface area contributed by atoms with Crippen molar-refractivity contribution in [2.24, 2.45) is 0 Å². The van der Waals surface area contributed by atoms with Crippen molar-refractivity contribution in [2.75, 3.05) is 20.2 Å². The molecule has 1 heterocycles. The summed E-state index contributed by atoms with van der Waals surface area (Å²) in [4.78, 5) is 13.8. The highest BCUT2D eigenvalue weighted by Gasteiger charge is 2.32. The molecule has 0 aromatic heterocycles. The average Bonchev–Trinajstić information content (AvgIpc) is 2.46. The van der Waals surface area contributed by atoms with E-state index in [-0.39, 0.29) is 31.0 Å². The molecular formula is C15H20ClF3N2O2. The van der Waals surface area contributed by atoms with Gasteiger partial charge in [0.25, 0.3) is 0 Å². The first-order valence-corrected chi connectivity index (χ1v) is 7.05. The van der Waals surface area contributed by atoms with Crippen LogP contribution < -0.4 is 5.32 Å². The largest absolute Gasteiger partial charge is 0.416 e. The van der Waals surface area contributed by atoms with Crippen LogP contribution in [0, 0.1) is 0 Å². The molecule has 1 saturated heterocycles. The van der Waals surface area contributed by atoms with Crippen LogP contribution in [0.4, 0.5) is 13.2 Å². The van der Waals surface area contributed by atoms with Gasteiger partial charge >= 0.3 is 6.18 Å². The summed E-state index contributed by atoms with van der Waals surface area (Å²) in [5.41, 5.74) is -0.270. The number of benzene rings is 1. The SMILES string of the molecule is C[C@H]1OCCN[C@@H]1C(=O)N(C)Cc1cccc(C(F)(F)F)c1.Cl. The number of nitrogens with one attached hydrogen (secondary N) is 1. The number of carbonyl (C=O) groups is 1. The van der Waals surface area contributed by atoms with E-state index in [1.807, 2.05) is 0 Å². The molecule has 2 atom stereocenters. The molecule has 0 unspecified atom stereocenters. The third-order valence-electron chi connectivity index (χ3n) is 3.63. The van der Waals surface area contributed by atoms with Crippen LogP contribution in [-0.2, 0) is 22.3 Å². The first kappa shape index (κ1) is 19.7. The molecule has 4 nitrogen and oxygen atoms in total. The van der Waals surface area contributed by atoms with Crippen LogP contribution in [0.3, 0.4) is 0 Å². The Morgan fingerprint density at radius 3 is 2.74 bits per heavy atom. The van der Waals surface area contributed by atoms with E-state index in [2.05, 4.69) is 5.32 Å². The maximum absolute atomic E-state index is 12.7. The van der Waals surface area contributed by atoms with Crippen molar-refractivity contribution in [1.29, 1.82) is 0 Å². The van der Waals surface area contributed by atoms with Gasteiger partial charge in [0.05, 0.1) is 18.3 Å². The molecule has 130 valence electrons. The maximum Gasteiger partial charge on any atom is 0.416 e. The lowest BCUT2D eigenvalue weighted by Gasteiger charge is -2.32. The lowest BCUT2D eigenvalue weighted by molar-refractivity contribution is -0.138. The highest BCUT2D eigenvalue weighted by molar-refractivity contribution is 5.85. The van der Waals surface area contributed by atoms with Gasteiger partial charge in [0, 0.05) is 20.1 Å². The minimum absolute atomic E-state index is 0. The van der Waals surface area contributed by atoms with Crippen molar-refractivity contribution in [3.63, 3.8) is 0 Å². The molecule has 1 aliphatic heterocycles. The number of morpholine rings is 1. The van der Waals surface area contributed by atoms with Crippen molar-refractivity contribution in [3.05, 3.63) is 35.4 Å². The van der Waals surface area contributed by atoms with E-state index >= 15 is 0 Å². The smallest absolute Gasteiger partial charge is 0.375 e. The predicted molar refractivity (Wildman–Crippen MR) is 82.4 cm³/mol. The molecule has 0 saturated carbocycles. The highest BCUT2D eigenvalue weighted by atomic mass is 35.5. The van der Waals surface area contributed by atoms with Crippen LogP contribution in [0.1, 0.15) is 18.1 Å². The first-order chi connectivity index (χ1) is 10.3. The molecule has 1 N–H and O–H groups in total. The Labute approximate surface area is 139 Å². The summed E-state index contributed by atoms with van der Waals surface area (Å²) in [6.07, 6.45) is -4.64. The predicted octanol–water partition coefficient (Wildman–Crippen LogP) is 2.46. The van der Waals surface area contributed by atoms with Gasteiger partial charge in [0.2, 0.25) is 5.91 Å². The van der Waals surface area contributed by atoms with E-state index in [1.165, 1.54) is 11.0 Å². The molecular weight excluding hydrogens is 333 g/mol. The van der Waals surface area contributed by atoms with Gasteiger partial charge in [-0.05, 0) is 24.6 Å². The third-order valence-corrected chi connectivity index (χ3v) is 3.63. The molecule has 1 aliphatic rings. The van der Waals surface area contributed by atoms with E-state index in [0.717, 1.165) is 12.1 Å². The lowest BCUT2D eigenvalue weighted by atomic mass is 10.1. The number of halogens is 4. The summed E-state index contributed by atoms with van der Waals surface area (Å²) in [7, 11) is 1.58. The molecule has 2 rings (SSSR count). The monoisotopic (exact) mass is 352 g/mol. The Morgan fingerprint density at radius 2 is 2.13 bits per heavy atom. The van der Waals surface area contributed by atoms with Crippen molar-refractivity contribution in [3.8, 4) is 0 Å². The van der Waals surface area contributed by atoms with Crippen LogP contribution in [0.15, 0.2) is 24.3 Å². The van der Waals surface area contributed by atoms with Crippen LogP contribution in [0.25, 0.3) is 0 Å². The molecule has 1 aromatic carbocycles. The van der Waals surface area contributed by atoms with Gasteiger partial charge in [0.15, 0.2) is 0 Å². The maximum atomic E-state index is 12.7. The Bertz CT molecular complexity index is 540.